The minimum absolute atomic E-state index is 0. The van der Waals surface area contributed by atoms with Crippen LogP contribution in [0.4, 0.5) is 0 Å². The molecule has 0 aromatic carbocycles. The number of likely N-dealkylation sites (tertiary alicyclic amines) is 1. The van der Waals surface area contributed by atoms with Crippen LogP contribution in [0.1, 0.15) is 47.0 Å². The van der Waals surface area contributed by atoms with Crippen LogP contribution in [0.5, 0.6) is 0 Å². The summed E-state index contributed by atoms with van der Waals surface area (Å²) in [7, 11) is -4.76. The number of hydrogen-bond acceptors (Lipinski definition) is 6. The van der Waals surface area contributed by atoms with Gasteiger partial charge in [-0.25, -0.2) is 4.72 Å². The molecular formula is C17H28N4O7RfS. The van der Waals surface area contributed by atoms with E-state index in [-0.39, 0.29) is 30.6 Å². The third kappa shape index (κ3) is 5.23. The van der Waals surface area contributed by atoms with Gasteiger partial charge < -0.3 is 15.5 Å². The molecule has 5 unspecified atom stereocenters. The first-order valence-electron chi connectivity index (χ1n) is 9.52. The Balaban J connectivity index is 0.00000450. The van der Waals surface area contributed by atoms with Crippen LogP contribution in [-0.4, -0.2) is 65.7 Å². The number of nitrogens with zero attached hydrogens (tertiary/aromatic N) is 1. The van der Waals surface area contributed by atoms with E-state index in [1.54, 1.807) is 13.8 Å². The van der Waals surface area contributed by atoms with Crippen molar-refractivity contribution in [3.8, 4) is 0 Å². The monoisotopic (exact) mass is 699 g/mol. The molecule has 1 saturated carbocycles. The second-order valence-electron chi connectivity index (χ2n) is 7.96. The number of rotatable bonds is 7. The summed E-state index contributed by atoms with van der Waals surface area (Å²) < 4.78 is 32.3. The van der Waals surface area contributed by atoms with E-state index in [9.17, 15) is 27.6 Å². The summed E-state index contributed by atoms with van der Waals surface area (Å²) >= 11 is 0. The van der Waals surface area contributed by atoms with E-state index in [1.165, 1.54) is 16.5 Å². The minimum atomic E-state index is -4.76. The predicted octanol–water partition coefficient (Wildman–Crippen LogP) is -1.05. The van der Waals surface area contributed by atoms with Crippen molar-refractivity contribution >= 4 is 33.9 Å². The van der Waals surface area contributed by atoms with Gasteiger partial charge in [0.2, 0.25) is 17.7 Å². The van der Waals surface area contributed by atoms with E-state index in [2.05, 4.69) is 10.6 Å². The molecule has 1 aliphatic heterocycles. The van der Waals surface area contributed by atoms with E-state index in [0.29, 0.717) is 13.0 Å². The summed E-state index contributed by atoms with van der Waals surface area (Å²) in [6.45, 7) is 7.06. The van der Waals surface area contributed by atoms with E-state index >= 15 is 0 Å². The van der Waals surface area contributed by atoms with Crippen molar-refractivity contribution in [2.24, 2.45) is 11.8 Å². The Bertz CT molecular complexity index is 821. The SMILES string of the molecule is CCC(=O)NC(C)C(=O)N1CC(C)CC1C(=O)NC1(C(=O)NS(=O)(=O)O)CC1C.[Rf]. The Morgan fingerprint density at radius 3 is 2.27 bits per heavy atom. The van der Waals surface area contributed by atoms with Gasteiger partial charge in [0.15, 0.2) is 0 Å². The molecule has 2 aliphatic rings. The van der Waals surface area contributed by atoms with Gasteiger partial charge in [0, 0.05) is 13.0 Å². The van der Waals surface area contributed by atoms with Gasteiger partial charge >= 0.3 is 10.3 Å². The molecule has 0 aromatic rings. The summed E-state index contributed by atoms with van der Waals surface area (Å²) in [6, 6.07) is -1.65. The molecule has 30 heavy (non-hydrogen) atoms. The van der Waals surface area contributed by atoms with Crippen molar-refractivity contribution < 1.29 is 32.1 Å². The van der Waals surface area contributed by atoms with Crippen LogP contribution in [0, 0.1) is 11.8 Å². The van der Waals surface area contributed by atoms with Crippen LogP contribution in [0.25, 0.3) is 0 Å². The van der Waals surface area contributed by atoms with E-state index in [1.807, 2.05) is 6.92 Å². The summed E-state index contributed by atoms with van der Waals surface area (Å²) in [5.41, 5.74) is -1.45. The van der Waals surface area contributed by atoms with Crippen LogP contribution in [-0.2, 0) is 29.5 Å². The Labute approximate surface area is 169 Å². The number of carbonyl (C=O) groups is 4. The first-order valence-corrected chi connectivity index (χ1v) is 11.0. The summed E-state index contributed by atoms with van der Waals surface area (Å²) in [5, 5.41) is 5.14. The zero-order chi connectivity index (χ0) is 22.1. The van der Waals surface area contributed by atoms with Crippen LogP contribution >= 0.6 is 0 Å². The Hall–Kier alpha value is -3.21. The topological polar surface area (TPSA) is 162 Å². The van der Waals surface area contributed by atoms with Crippen molar-refractivity contribution in [1.82, 2.24) is 20.3 Å². The van der Waals surface area contributed by atoms with Crippen molar-refractivity contribution in [3.05, 3.63) is 0 Å². The van der Waals surface area contributed by atoms with Gasteiger partial charge in [0.05, 0.1) is 0 Å². The van der Waals surface area contributed by atoms with Crippen molar-refractivity contribution in [2.45, 2.75) is 64.6 Å². The minimum Gasteiger partial charge on any atom is -0.345 e. The number of carbonyl (C=O) groups excluding carboxylic acids is 4. The molecule has 0 spiro atoms. The molecule has 0 radical (unpaired) electrons. The van der Waals surface area contributed by atoms with Gasteiger partial charge in [0.1, 0.15) is 17.6 Å². The van der Waals surface area contributed by atoms with Gasteiger partial charge in [-0.05, 0) is 31.6 Å². The molecule has 2 rings (SSSR count). The van der Waals surface area contributed by atoms with Crippen molar-refractivity contribution in [1.29, 1.82) is 0 Å². The van der Waals surface area contributed by atoms with Gasteiger partial charge in [-0.15, -0.1) is 0 Å². The maximum atomic E-state index is 12.9. The maximum Gasteiger partial charge on any atom is 0.359 e. The Morgan fingerprint density at radius 2 is 1.80 bits per heavy atom. The van der Waals surface area contributed by atoms with Gasteiger partial charge in [-0.2, -0.15) is 8.42 Å². The van der Waals surface area contributed by atoms with Crippen molar-refractivity contribution in [2.75, 3.05) is 6.54 Å². The molecule has 5 atom stereocenters. The predicted molar refractivity (Wildman–Crippen MR) is 102 cm³/mol. The Morgan fingerprint density at radius 1 is 1.23 bits per heavy atom. The molecule has 13 heteroatoms. The third-order valence-electron chi connectivity index (χ3n) is 5.45. The van der Waals surface area contributed by atoms with Gasteiger partial charge in [-0.1, -0.05) is 20.8 Å². The molecule has 2 fully saturated rings. The fourth-order valence-electron chi connectivity index (χ4n) is 3.67. The van der Waals surface area contributed by atoms with Crippen LogP contribution in [0.3, 0.4) is 0 Å². The molecule has 166 valence electrons. The number of amides is 4. The molecule has 4 N–H and O–H groups in total. The summed E-state index contributed by atoms with van der Waals surface area (Å²) in [6.07, 6.45) is 0.802. The molecular weight excluding hydrogens is 671 g/mol. The van der Waals surface area contributed by atoms with Crippen LogP contribution in [0.2, 0.25) is 0 Å². The quantitative estimate of drug-likeness (QED) is 0.247. The van der Waals surface area contributed by atoms with E-state index in [0.717, 1.165) is 0 Å². The second-order valence-corrected chi connectivity index (χ2v) is 9.12. The smallest absolute Gasteiger partial charge is 0.345 e. The largest absolute Gasteiger partial charge is 0.359 e. The molecule has 11 nitrogen and oxygen atoms in total. The fourth-order valence-corrected chi connectivity index (χ4v) is 4.09. The summed E-state index contributed by atoms with van der Waals surface area (Å²) in [4.78, 5) is 50.9. The number of hydrogen-bond donors (Lipinski definition) is 4. The zero-order valence-corrected chi connectivity index (χ0v) is 24.8. The van der Waals surface area contributed by atoms with Gasteiger partial charge in [-0.3, -0.25) is 23.7 Å². The van der Waals surface area contributed by atoms with Crippen LogP contribution < -0.4 is 15.4 Å². The fraction of sp³-hybridized carbons (Fsp3) is 0.765. The van der Waals surface area contributed by atoms with Crippen molar-refractivity contribution in [3.63, 3.8) is 0 Å². The Kier molecular flexibility index (Phi) is 7.16. The van der Waals surface area contributed by atoms with Crippen LogP contribution in [0.15, 0.2) is 0 Å². The standard InChI is InChI=1S/C17H28N4O7S.Rf/c1-5-13(22)18-11(4)15(24)21-8-9(2)6-12(21)14(23)19-17(7-10(17)3)16(25)20-29(26,27)28;/h9-12H,5-8H2,1-4H3,(H,18,22)(H,19,23)(H,20,25)(H,26,27,28);. The first-order chi connectivity index (χ1) is 13.3. The first kappa shape index (κ1) is 24.8. The third-order valence-corrected chi connectivity index (χ3v) is 5.89. The second kappa shape index (κ2) is 8.66. The average molecular weight is 699 g/mol. The summed E-state index contributed by atoms with van der Waals surface area (Å²) in [5.74, 6) is -2.59. The molecule has 1 aliphatic carbocycles. The molecule has 1 heterocycles. The molecule has 0 bridgehead atoms. The molecule has 1 saturated heterocycles. The van der Waals surface area contributed by atoms with E-state index < -0.39 is 45.6 Å². The van der Waals surface area contributed by atoms with Gasteiger partial charge in [0.25, 0.3) is 5.91 Å². The molecule has 4 amide bonds. The normalized spacial score (nSPS) is 28.7. The average Bonchev–Trinajstić information content (AvgIpc) is 3.08. The number of nitrogens with one attached hydrogen (secondary N) is 3. The van der Waals surface area contributed by atoms with E-state index in [4.69, 9.17) is 4.55 Å². The zero-order valence-electron chi connectivity index (χ0n) is 17.6. The molecule has 0 aromatic heterocycles. The maximum absolute atomic E-state index is 12.9.